The lowest BCUT2D eigenvalue weighted by molar-refractivity contribution is -0.148. The van der Waals surface area contributed by atoms with Crippen LogP contribution in [0.3, 0.4) is 0 Å². The van der Waals surface area contributed by atoms with Gasteiger partial charge in [-0.1, -0.05) is 37.3 Å². The highest BCUT2D eigenvalue weighted by Crippen LogP contribution is 2.35. The third-order valence-electron chi connectivity index (χ3n) is 5.51. The third-order valence-corrected chi connectivity index (χ3v) is 5.51. The Morgan fingerprint density at radius 3 is 2.41 bits per heavy atom. The Balaban J connectivity index is 1.46. The number of nitrogens with one attached hydrogen (secondary N) is 1. The Kier molecular flexibility index (Phi) is 6.46. The average Bonchev–Trinajstić information content (AvgIpc) is 2.96. The van der Waals surface area contributed by atoms with Crippen LogP contribution in [0.15, 0.2) is 30.4 Å². The summed E-state index contributed by atoms with van der Waals surface area (Å²) in [6.07, 6.45) is 5.61. The number of rotatable bonds is 7. The average molecular weight is 398 g/mol. The van der Waals surface area contributed by atoms with E-state index in [4.69, 9.17) is 4.74 Å². The van der Waals surface area contributed by atoms with Gasteiger partial charge in [-0.25, -0.2) is 0 Å². The van der Waals surface area contributed by atoms with Crippen molar-refractivity contribution in [2.45, 2.75) is 39.5 Å². The lowest BCUT2D eigenvalue weighted by Crippen LogP contribution is -2.33. The third kappa shape index (κ3) is 4.55. The van der Waals surface area contributed by atoms with E-state index in [1.54, 1.807) is 0 Å². The molecule has 7 nitrogen and oxygen atoms in total. The normalized spacial score (nSPS) is 20.6. The monoisotopic (exact) mass is 398 g/mol. The number of anilines is 1. The van der Waals surface area contributed by atoms with E-state index in [9.17, 15) is 19.2 Å². The fourth-order valence-corrected chi connectivity index (χ4v) is 3.89. The summed E-state index contributed by atoms with van der Waals surface area (Å²) in [4.78, 5) is 50.1. The summed E-state index contributed by atoms with van der Waals surface area (Å²) in [6, 6.07) is 5.76. The highest BCUT2D eigenvalue weighted by Gasteiger charge is 2.46. The zero-order chi connectivity index (χ0) is 21.0. The molecular formula is C22H26N2O5. The van der Waals surface area contributed by atoms with Gasteiger partial charge in [-0.15, -0.1) is 0 Å². The van der Waals surface area contributed by atoms with Crippen molar-refractivity contribution in [3.05, 3.63) is 41.5 Å². The van der Waals surface area contributed by atoms with Crippen molar-refractivity contribution in [3.8, 4) is 0 Å². The van der Waals surface area contributed by atoms with Gasteiger partial charge in [-0.2, -0.15) is 0 Å². The van der Waals surface area contributed by atoms with Crippen molar-refractivity contribution < 1.29 is 23.9 Å². The first-order chi connectivity index (χ1) is 13.9. The molecule has 1 aliphatic heterocycles. The number of fused-ring (bicyclic) bond motifs is 1. The molecule has 1 aromatic carbocycles. The minimum atomic E-state index is -0.616. The Hall–Kier alpha value is -2.96. The molecule has 0 spiro atoms. The maximum atomic E-state index is 12.4. The smallest absolute Gasteiger partial charge is 0.308 e. The number of amides is 3. The Morgan fingerprint density at radius 1 is 1.14 bits per heavy atom. The van der Waals surface area contributed by atoms with E-state index in [1.165, 1.54) is 0 Å². The van der Waals surface area contributed by atoms with Gasteiger partial charge in [-0.05, 0) is 37.3 Å². The second kappa shape index (κ2) is 9.03. The summed E-state index contributed by atoms with van der Waals surface area (Å²) < 4.78 is 5.03. The van der Waals surface area contributed by atoms with E-state index >= 15 is 0 Å². The van der Waals surface area contributed by atoms with Crippen LogP contribution in [0.2, 0.25) is 0 Å². The van der Waals surface area contributed by atoms with Gasteiger partial charge in [0.2, 0.25) is 11.8 Å². The van der Waals surface area contributed by atoms with E-state index in [0.717, 1.165) is 28.1 Å². The largest absolute Gasteiger partial charge is 0.456 e. The van der Waals surface area contributed by atoms with Crippen LogP contribution in [-0.4, -0.2) is 41.7 Å². The second-order valence-electron chi connectivity index (χ2n) is 7.41. The molecule has 154 valence electrons. The number of ether oxygens (including phenoxy) is 1. The van der Waals surface area contributed by atoms with Crippen LogP contribution in [0, 0.1) is 18.8 Å². The number of carbonyl (C=O) groups is 4. The number of likely N-dealkylation sites (tertiary alicyclic amines) is 1. The van der Waals surface area contributed by atoms with Crippen molar-refractivity contribution >= 4 is 29.4 Å². The van der Waals surface area contributed by atoms with Gasteiger partial charge in [0.1, 0.15) is 0 Å². The number of imide groups is 1. The molecule has 1 aliphatic carbocycles. The maximum absolute atomic E-state index is 12.4. The molecule has 3 amide bonds. The van der Waals surface area contributed by atoms with Crippen LogP contribution in [-0.2, 0) is 30.3 Å². The molecule has 0 radical (unpaired) electrons. The van der Waals surface area contributed by atoms with Crippen LogP contribution in [0.4, 0.5) is 5.69 Å². The van der Waals surface area contributed by atoms with Gasteiger partial charge in [0.25, 0.3) is 5.91 Å². The summed E-state index contributed by atoms with van der Waals surface area (Å²) >= 11 is 0. The Bertz CT molecular complexity index is 835. The van der Waals surface area contributed by atoms with Crippen LogP contribution >= 0.6 is 0 Å². The fraction of sp³-hybridized carbons (Fsp3) is 0.455. The van der Waals surface area contributed by atoms with Crippen molar-refractivity contribution in [1.29, 1.82) is 0 Å². The van der Waals surface area contributed by atoms with E-state index in [-0.39, 0.29) is 36.6 Å². The van der Waals surface area contributed by atoms with E-state index in [1.807, 2.05) is 44.2 Å². The summed E-state index contributed by atoms with van der Waals surface area (Å²) in [5.41, 5.74) is 2.68. The van der Waals surface area contributed by atoms with Gasteiger partial charge in [0.15, 0.2) is 6.61 Å². The minimum absolute atomic E-state index is 0.0110. The highest BCUT2D eigenvalue weighted by molar-refractivity contribution is 6.05. The molecular weight excluding hydrogens is 372 g/mol. The summed E-state index contributed by atoms with van der Waals surface area (Å²) in [5.74, 6) is -2.10. The first kappa shape index (κ1) is 20.8. The molecule has 0 aromatic heterocycles. The molecule has 1 aromatic rings. The molecule has 2 aliphatic rings. The number of nitrogens with zero attached hydrogens (tertiary/aromatic N) is 1. The number of carbonyl (C=O) groups excluding carboxylic acids is 4. The molecule has 0 saturated carbocycles. The van der Waals surface area contributed by atoms with Crippen LogP contribution in [0.1, 0.15) is 37.3 Å². The summed E-state index contributed by atoms with van der Waals surface area (Å²) in [6.45, 7) is 3.48. The fourth-order valence-electron chi connectivity index (χ4n) is 3.89. The zero-order valence-electron chi connectivity index (χ0n) is 16.8. The van der Waals surface area contributed by atoms with Crippen molar-refractivity contribution in [1.82, 2.24) is 4.90 Å². The summed E-state index contributed by atoms with van der Waals surface area (Å²) in [7, 11) is 0. The number of benzene rings is 1. The number of hydrogen-bond donors (Lipinski definition) is 1. The standard InChI is InChI=1S/C22H26N2O5/c1-3-15-8-6-7-14(2)20(15)23-18(25)13-29-19(26)11-12-24-21(27)16-9-4-5-10-17(16)22(24)28/h4-8,16-17H,3,9-13H2,1-2H3,(H,23,25)/t16-,17-/m0/s1. The van der Waals surface area contributed by atoms with E-state index in [2.05, 4.69) is 5.32 Å². The second-order valence-corrected chi connectivity index (χ2v) is 7.41. The summed E-state index contributed by atoms with van der Waals surface area (Å²) in [5, 5.41) is 2.79. The van der Waals surface area contributed by atoms with Crippen molar-refractivity contribution in [2.24, 2.45) is 11.8 Å². The predicted molar refractivity (Wildman–Crippen MR) is 107 cm³/mol. The molecule has 0 bridgehead atoms. The molecule has 29 heavy (non-hydrogen) atoms. The van der Waals surface area contributed by atoms with Crippen molar-refractivity contribution in [2.75, 3.05) is 18.5 Å². The molecule has 3 rings (SSSR count). The predicted octanol–water partition coefficient (Wildman–Crippen LogP) is 2.38. The molecule has 2 atom stereocenters. The Labute approximate surface area is 170 Å². The van der Waals surface area contributed by atoms with E-state index in [0.29, 0.717) is 12.8 Å². The van der Waals surface area contributed by atoms with Gasteiger partial charge in [0.05, 0.1) is 18.3 Å². The van der Waals surface area contributed by atoms with Gasteiger partial charge in [0, 0.05) is 12.2 Å². The maximum Gasteiger partial charge on any atom is 0.308 e. The zero-order valence-corrected chi connectivity index (χ0v) is 16.8. The van der Waals surface area contributed by atoms with E-state index < -0.39 is 18.5 Å². The number of allylic oxidation sites excluding steroid dienone is 2. The quantitative estimate of drug-likeness (QED) is 0.432. The first-order valence-corrected chi connectivity index (χ1v) is 9.96. The van der Waals surface area contributed by atoms with Gasteiger partial charge >= 0.3 is 5.97 Å². The van der Waals surface area contributed by atoms with Gasteiger partial charge < -0.3 is 10.1 Å². The minimum Gasteiger partial charge on any atom is -0.456 e. The lowest BCUT2D eigenvalue weighted by Gasteiger charge is -2.15. The molecule has 1 heterocycles. The van der Waals surface area contributed by atoms with Crippen LogP contribution < -0.4 is 5.32 Å². The number of hydrogen-bond acceptors (Lipinski definition) is 5. The molecule has 7 heteroatoms. The lowest BCUT2D eigenvalue weighted by atomic mass is 9.85. The molecule has 1 N–H and O–H groups in total. The first-order valence-electron chi connectivity index (χ1n) is 9.96. The van der Waals surface area contributed by atoms with Gasteiger partial charge in [-0.3, -0.25) is 24.1 Å². The Morgan fingerprint density at radius 2 is 1.79 bits per heavy atom. The topological polar surface area (TPSA) is 92.8 Å². The highest BCUT2D eigenvalue weighted by atomic mass is 16.5. The number of para-hydroxylation sites is 1. The van der Waals surface area contributed by atoms with Crippen LogP contribution in [0.25, 0.3) is 0 Å². The van der Waals surface area contributed by atoms with Crippen molar-refractivity contribution in [3.63, 3.8) is 0 Å². The van der Waals surface area contributed by atoms with Crippen LogP contribution in [0.5, 0.6) is 0 Å². The molecule has 1 fully saturated rings. The SMILES string of the molecule is CCc1cccc(C)c1NC(=O)COC(=O)CCN1C(=O)[C@H]2CC=CC[C@@H]2C1=O. The molecule has 0 unspecified atom stereocenters. The number of aryl methyl sites for hydroxylation is 2. The molecule has 1 saturated heterocycles. The number of esters is 1.